The number of carbonyl (C=O) groups excluding carboxylic acids is 2. The summed E-state index contributed by atoms with van der Waals surface area (Å²) in [5.41, 5.74) is 2.31. The lowest BCUT2D eigenvalue weighted by Crippen LogP contribution is -2.08. The van der Waals surface area contributed by atoms with E-state index in [2.05, 4.69) is 10.8 Å². The van der Waals surface area contributed by atoms with E-state index >= 15 is 0 Å². The number of ether oxygens (including phenoxy) is 1. The minimum atomic E-state index is -0.935. The molecule has 1 heterocycles. The van der Waals surface area contributed by atoms with E-state index in [0.29, 0.717) is 12.1 Å². The highest BCUT2D eigenvalue weighted by molar-refractivity contribution is 6.05. The van der Waals surface area contributed by atoms with Crippen molar-refractivity contribution in [2.75, 3.05) is 6.61 Å². The summed E-state index contributed by atoms with van der Waals surface area (Å²) in [6.07, 6.45) is 5.52. The number of carbonyl (C=O) groups is 2. The maximum Gasteiger partial charge on any atom is 0.373 e. The minimum Gasteiger partial charge on any atom is -0.502 e. The fourth-order valence-corrected chi connectivity index (χ4v) is 2.27. The highest BCUT2D eigenvalue weighted by atomic mass is 16.5. The van der Waals surface area contributed by atoms with Gasteiger partial charge in [-0.3, -0.25) is 4.79 Å². The molecule has 0 aliphatic heterocycles. The van der Waals surface area contributed by atoms with Crippen molar-refractivity contribution < 1.29 is 19.4 Å². The molecule has 2 rings (SSSR count). The molecule has 0 aliphatic carbocycles. The van der Waals surface area contributed by atoms with Gasteiger partial charge in [-0.1, -0.05) is 12.1 Å². The first-order valence-electron chi connectivity index (χ1n) is 7.97. The van der Waals surface area contributed by atoms with Gasteiger partial charge in [-0.2, -0.15) is 5.26 Å². The highest BCUT2D eigenvalue weighted by Crippen LogP contribution is 2.11. The zero-order chi connectivity index (χ0) is 18.9. The van der Waals surface area contributed by atoms with Crippen LogP contribution in [0.25, 0.3) is 6.08 Å². The van der Waals surface area contributed by atoms with E-state index in [-0.39, 0.29) is 6.61 Å². The van der Waals surface area contributed by atoms with Gasteiger partial charge in [0.1, 0.15) is 0 Å². The molecule has 26 heavy (non-hydrogen) atoms. The highest BCUT2D eigenvalue weighted by Gasteiger charge is 2.09. The number of allylic oxidation sites excluding steroid dienone is 2. The van der Waals surface area contributed by atoms with Crippen molar-refractivity contribution in [1.82, 2.24) is 4.57 Å². The molecule has 0 amide bonds. The zero-order valence-corrected chi connectivity index (χ0v) is 14.3. The lowest BCUT2D eigenvalue weighted by molar-refractivity contribution is -0.141. The smallest absolute Gasteiger partial charge is 0.373 e. The molecule has 2 aromatic rings. The van der Waals surface area contributed by atoms with Gasteiger partial charge in [-0.25, -0.2) is 4.79 Å². The second-order valence-electron chi connectivity index (χ2n) is 5.36. The van der Waals surface area contributed by atoms with Crippen LogP contribution in [-0.4, -0.2) is 28.0 Å². The van der Waals surface area contributed by atoms with Crippen LogP contribution in [0.1, 0.15) is 23.7 Å². The number of hydrogen-bond acceptors (Lipinski definition) is 5. The number of benzene rings is 1. The Hall–Kier alpha value is -3.59. The summed E-state index contributed by atoms with van der Waals surface area (Å²) in [4.78, 5) is 23.1. The number of ketones is 1. The van der Waals surface area contributed by atoms with Crippen LogP contribution in [0.5, 0.6) is 0 Å². The fraction of sp³-hybridized carbons (Fsp3) is 0.150. The van der Waals surface area contributed by atoms with Crippen LogP contribution in [0, 0.1) is 11.3 Å². The molecule has 0 spiro atoms. The average molecular weight is 350 g/mol. The van der Waals surface area contributed by atoms with Crippen molar-refractivity contribution in [1.29, 1.82) is 5.26 Å². The van der Waals surface area contributed by atoms with Gasteiger partial charge in [0.05, 0.1) is 18.2 Å². The van der Waals surface area contributed by atoms with Gasteiger partial charge >= 0.3 is 5.97 Å². The molecule has 0 radical (unpaired) electrons. The van der Waals surface area contributed by atoms with Gasteiger partial charge in [-0.05, 0) is 48.9 Å². The number of nitrogens with zero attached hydrogens (tertiary/aromatic N) is 2. The zero-order valence-electron chi connectivity index (χ0n) is 14.3. The van der Waals surface area contributed by atoms with Crippen molar-refractivity contribution in [3.8, 4) is 6.07 Å². The molecule has 6 heteroatoms. The van der Waals surface area contributed by atoms with Crippen LogP contribution in [0.2, 0.25) is 0 Å². The van der Waals surface area contributed by atoms with Crippen LogP contribution >= 0.6 is 0 Å². The minimum absolute atomic E-state index is 0.112. The van der Waals surface area contributed by atoms with Gasteiger partial charge in [-0.15, -0.1) is 0 Å². The molecule has 0 aliphatic rings. The third-order valence-corrected chi connectivity index (χ3v) is 3.46. The van der Waals surface area contributed by atoms with Gasteiger partial charge < -0.3 is 14.4 Å². The Morgan fingerprint density at radius 3 is 2.85 bits per heavy atom. The first kappa shape index (κ1) is 18.7. The van der Waals surface area contributed by atoms with E-state index in [9.17, 15) is 14.7 Å². The summed E-state index contributed by atoms with van der Waals surface area (Å²) in [5, 5.41) is 18.4. The van der Waals surface area contributed by atoms with E-state index < -0.39 is 17.5 Å². The maximum atomic E-state index is 11.8. The molecule has 1 aromatic carbocycles. The number of aromatic nitrogens is 1. The molecule has 132 valence electrons. The topological polar surface area (TPSA) is 92.3 Å². The number of aliphatic hydroxyl groups excluding tert-OH is 1. The Morgan fingerprint density at radius 2 is 2.12 bits per heavy atom. The average Bonchev–Trinajstić information content (AvgIpc) is 3.07. The Balaban J connectivity index is 2.09. The number of aliphatic hydroxyl groups is 1. The van der Waals surface area contributed by atoms with E-state index in [4.69, 9.17) is 5.26 Å². The third-order valence-electron chi connectivity index (χ3n) is 3.46. The number of esters is 1. The van der Waals surface area contributed by atoms with Crippen LogP contribution in [0.4, 0.5) is 0 Å². The third kappa shape index (κ3) is 5.21. The van der Waals surface area contributed by atoms with Crippen LogP contribution in [0.3, 0.4) is 0 Å². The Kier molecular flexibility index (Phi) is 6.52. The quantitative estimate of drug-likeness (QED) is 0.471. The molecular formula is C20H18N2O4. The van der Waals surface area contributed by atoms with E-state index in [0.717, 1.165) is 17.3 Å². The number of rotatable bonds is 7. The van der Waals surface area contributed by atoms with Crippen LogP contribution in [0.15, 0.2) is 60.5 Å². The van der Waals surface area contributed by atoms with Crippen molar-refractivity contribution in [2.24, 2.45) is 0 Å². The maximum absolute atomic E-state index is 11.8. The molecule has 0 atom stereocenters. The number of nitriles is 1. The molecular weight excluding hydrogens is 332 g/mol. The SMILES string of the molecule is CCOC(=O)/C(O)=C/C(=O)/C=C/c1cccn1Cc1cccc(C#N)c1. The van der Waals surface area contributed by atoms with E-state index in [1.807, 2.05) is 35.0 Å². The van der Waals surface area contributed by atoms with E-state index in [1.54, 1.807) is 25.1 Å². The van der Waals surface area contributed by atoms with E-state index in [1.165, 1.54) is 6.08 Å². The molecule has 0 bridgehead atoms. The summed E-state index contributed by atoms with van der Waals surface area (Å²) < 4.78 is 6.51. The van der Waals surface area contributed by atoms with Crippen molar-refractivity contribution in [3.63, 3.8) is 0 Å². The van der Waals surface area contributed by atoms with Gasteiger partial charge in [0.15, 0.2) is 5.78 Å². The van der Waals surface area contributed by atoms with Crippen molar-refractivity contribution in [3.05, 3.63) is 77.3 Å². The fourth-order valence-electron chi connectivity index (χ4n) is 2.27. The summed E-state index contributed by atoms with van der Waals surface area (Å²) in [6, 6.07) is 13.0. The predicted octanol–water partition coefficient (Wildman–Crippen LogP) is 3.00. The van der Waals surface area contributed by atoms with Gasteiger partial charge in [0.25, 0.3) is 0 Å². The van der Waals surface area contributed by atoms with Crippen LogP contribution < -0.4 is 0 Å². The Morgan fingerprint density at radius 1 is 1.31 bits per heavy atom. The monoisotopic (exact) mass is 350 g/mol. The van der Waals surface area contributed by atoms with Gasteiger partial charge in [0, 0.05) is 24.5 Å². The summed E-state index contributed by atoms with van der Waals surface area (Å²) >= 11 is 0. The summed E-state index contributed by atoms with van der Waals surface area (Å²) in [6.45, 7) is 2.26. The lowest BCUT2D eigenvalue weighted by atomic mass is 10.1. The Labute approximate surface area is 151 Å². The predicted molar refractivity (Wildman–Crippen MR) is 96.1 cm³/mol. The number of hydrogen-bond donors (Lipinski definition) is 1. The van der Waals surface area contributed by atoms with Crippen molar-refractivity contribution in [2.45, 2.75) is 13.5 Å². The second kappa shape index (κ2) is 9.04. The summed E-state index contributed by atoms with van der Waals surface area (Å²) in [7, 11) is 0. The molecule has 0 saturated carbocycles. The van der Waals surface area contributed by atoms with Crippen molar-refractivity contribution >= 4 is 17.8 Å². The van der Waals surface area contributed by atoms with Gasteiger partial charge in [0.2, 0.25) is 5.76 Å². The largest absolute Gasteiger partial charge is 0.502 e. The van der Waals surface area contributed by atoms with Crippen LogP contribution in [-0.2, 0) is 20.9 Å². The molecule has 0 unspecified atom stereocenters. The normalized spacial score (nSPS) is 11.3. The molecule has 1 N–H and O–H groups in total. The first-order valence-corrected chi connectivity index (χ1v) is 7.97. The summed E-state index contributed by atoms with van der Waals surface area (Å²) in [5.74, 6) is -2.20. The molecule has 0 fully saturated rings. The molecule has 6 nitrogen and oxygen atoms in total. The molecule has 0 saturated heterocycles. The lowest BCUT2D eigenvalue weighted by Gasteiger charge is -2.07. The first-order chi connectivity index (χ1) is 12.5. The molecule has 1 aromatic heterocycles. The standard InChI is InChI=1S/C20H18N2O4/c1-2-26-20(25)19(24)12-18(23)9-8-17-7-4-10-22(17)14-16-6-3-5-15(11-16)13-21/h3-12,24H,2,14H2,1H3/b9-8+,19-12-. The second-order valence-corrected chi connectivity index (χ2v) is 5.36. The Bertz CT molecular complexity index is 901.